The van der Waals surface area contributed by atoms with Gasteiger partial charge in [0.15, 0.2) is 0 Å². The molecule has 0 heterocycles. The van der Waals surface area contributed by atoms with Crippen molar-refractivity contribution in [2.45, 2.75) is 89.5 Å². The molecule has 0 fully saturated rings. The predicted octanol–water partition coefficient (Wildman–Crippen LogP) is 11.9. The largest absolute Gasteiger partial charge is 0.381 e. The van der Waals surface area contributed by atoms with E-state index in [-0.39, 0.29) is 0 Å². The van der Waals surface area contributed by atoms with E-state index in [4.69, 9.17) is 11.6 Å². The van der Waals surface area contributed by atoms with Crippen LogP contribution in [0.5, 0.6) is 0 Å². The van der Waals surface area contributed by atoms with Gasteiger partial charge in [-0.05, 0) is 105 Å². The average molecular weight is 560 g/mol. The van der Waals surface area contributed by atoms with Gasteiger partial charge in [-0.3, -0.25) is 0 Å². The standard InChI is InChI=1S/C24H29ClS.C5H11N.3C2H6/c1-15-10-19(5)21(11-16(15)2)12-17(3)18(4)14-24(26-7)23-9-8-22(25)13-20(23)6;1-4-6(3)5-2;3*1-2/h8-11,13-14,18H,3,12H2,1-2,4-7H3;4H,1,5H2,2-3H3;3*1-2H3/b24-14-;;;;. The second-order valence-corrected chi connectivity index (χ2v) is 9.72. The third-order valence-electron chi connectivity index (χ3n) is 5.90. The molecule has 2 aromatic rings. The number of thioether (sulfide) groups is 1. The zero-order valence-corrected chi connectivity index (χ0v) is 28.8. The molecule has 38 heavy (non-hydrogen) atoms. The molecule has 1 unspecified atom stereocenters. The highest BCUT2D eigenvalue weighted by Crippen LogP contribution is 2.32. The molecule has 1 atom stereocenters. The Kier molecular flexibility index (Phi) is 25.8. The first-order valence-corrected chi connectivity index (χ1v) is 15.7. The van der Waals surface area contributed by atoms with Crippen molar-refractivity contribution < 1.29 is 0 Å². The van der Waals surface area contributed by atoms with Gasteiger partial charge in [-0.25, -0.2) is 0 Å². The Morgan fingerprint density at radius 3 is 1.87 bits per heavy atom. The molecule has 0 aliphatic carbocycles. The maximum atomic E-state index is 6.11. The van der Waals surface area contributed by atoms with Crippen LogP contribution in [0, 0.1) is 33.6 Å². The molecule has 2 aromatic carbocycles. The lowest BCUT2D eigenvalue weighted by Crippen LogP contribution is -2.06. The summed E-state index contributed by atoms with van der Waals surface area (Å²) in [6.07, 6.45) is 7.19. The fraction of sp³-hybridized carbons (Fsp3) is 0.486. The van der Waals surface area contributed by atoms with Crippen LogP contribution < -0.4 is 0 Å². The van der Waals surface area contributed by atoms with E-state index in [1.165, 1.54) is 43.9 Å². The fourth-order valence-corrected chi connectivity index (χ4v) is 4.28. The zero-order chi connectivity index (χ0) is 30.4. The van der Waals surface area contributed by atoms with Crippen molar-refractivity contribution in [1.82, 2.24) is 4.90 Å². The first kappa shape index (κ1) is 40.6. The molecule has 216 valence electrons. The van der Waals surface area contributed by atoms with Crippen LogP contribution in [0.2, 0.25) is 5.02 Å². The summed E-state index contributed by atoms with van der Waals surface area (Å²) in [6, 6.07) is 10.7. The number of nitrogens with zero attached hydrogens (tertiary/aromatic N) is 1. The van der Waals surface area contributed by atoms with Gasteiger partial charge in [0.05, 0.1) is 0 Å². The molecule has 0 amide bonds. The van der Waals surface area contributed by atoms with Crippen molar-refractivity contribution >= 4 is 28.3 Å². The van der Waals surface area contributed by atoms with Crippen LogP contribution in [0.3, 0.4) is 0 Å². The van der Waals surface area contributed by atoms with E-state index in [9.17, 15) is 0 Å². The molecule has 2 rings (SSSR count). The summed E-state index contributed by atoms with van der Waals surface area (Å²) < 4.78 is 0. The van der Waals surface area contributed by atoms with Crippen LogP contribution in [0.15, 0.2) is 61.3 Å². The molecule has 0 aliphatic rings. The smallest absolute Gasteiger partial charge is 0.0409 e. The number of hydrogen-bond donors (Lipinski definition) is 0. The third-order valence-corrected chi connectivity index (χ3v) is 6.93. The molecule has 3 heteroatoms. The second kappa shape index (κ2) is 24.2. The molecular weight excluding hydrogens is 502 g/mol. The summed E-state index contributed by atoms with van der Waals surface area (Å²) in [5.41, 5.74) is 9.14. The van der Waals surface area contributed by atoms with Crippen molar-refractivity contribution in [3.8, 4) is 0 Å². The molecule has 1 nitrogen and oxygen atoms in total. The van der Waals surface area contributed by atoms with Gasteiger partial charge in [0.25, 0.3) is 0 Å². The summed E-state index contributed by atoms with van der Waals surface area (Å²) in [7, 11) is 1.99. The molecular formula is C35H58ClNS. The molecule has 0 N–H and O–H groups in total. The Labute approximate surface area is 247 Å². The fourth-order valence-electron chi connectivity index (χ4n) is 3.26. The first-order valence-electron chi connectivity index (χ1n) is 14.1. The molecule has 0 aliphatic heterocycles. The van der Waals surface area contributed by atoms with E-state index in [0.717, 1.165) is 18.0 Å². The highest BCUT2D eigenvalue weighted by Gasteiger charge is 2.12. The number of rotatable bonds is 8. The molecule has 0 aromatic heterocycles. The monoisotopic (exact) mass is 559 g/mol. The maximum Gasteiger partial charge on any atom is 0.0409 e. The first-order chi connectivity index (χ1) is 18.0. The van der Waals surface area contributed by atoms with Crippen LogP contribution >= 0.6 is 23.4 Å². The second-order valence-electron chi connectivity index (χ2n) is 8.44. The number of aryl methyl sites for hydroxylation is 4. The Morgan fingerprint density at radius 2 is 1.45 bits per heavy atom. The molecule has 0 spiro atoms. The molecule has 0 radical (unpaired) electrons. The van der Waals surface area contributed by atoms with E-state index in [1.54, 1.807) is 18.0 Å². The minimum atomic E-state index is 0.313. The Balaban J connectivity index is -0.000000871. The van der Waals surface area contributed by atoms with E-state index < -0.39 is 0 Å². The zero-order valence-electron chi connectivity index (χ0n) is 27.2. The number of halogens is 1. The van der Waals surface area contributed by atoms with Gasteiger partial charge in [-0.1, -0.05) is 103 Å². The minimum Gasteiger partial charge on any atom is -0.381 e. The lowest BCUT2D eigenvalue weighted by atomic mass is 9.91. The topological polar surface area (TPSA) is 3.24 Å². The van der Waals surface area contributed by atoms with Gasteiger partial charge in [0.1, 0.15) is 0 Å². The Bertz CT molecular complexity index is 959. The van der Waals surface area contributed by atoms with Crippen molar-refractivity contribution in [2.24, 2.45) is 5.92 Å². The van der Waals surface area contributed by atoms with E-state index in [1.807, 2.05) is 65.6 Å². The number of allylic oxidation sites excluding steroid dienone is 2. The highest BCUT2D eigenvalue weighted by molar-refractivity contribution is 8.07. The van der Waals surface area contributed by atoms with Crippen LogP contribution in [0.4, 0.5) is 0 Å². The summed E-state index contributed by atoms with van der Waals surface area (Å²) in [5, 5.41) is 0.786. The molecule has 0 bridgehead atoms. The summed E-state index contributed by atoms with van der Waals surface area (Å²) in [6.45, 7) is 34.0. The van der Waals surface area contributed by atoms with Crippen LogP contribution in [-0.4, -0.2) is 24.7 Å². The SMILES string of the molecule is C=C(Cc1cc(C)c(C)cc1C)C(C)/C=C(\SC)c1ccc(Cl)cc1C.C=CN(C)CC.CC.CC.CC. The summed E-state index contributed by atoms with van der Waals surface area (Å²) in [4.78, 5) is 3.30. The summed E-state index contributed by atoms with van der Waals surface area (Å²) in [5.74, 6) is 0.313. The van der Waals surface area contributed by atoms with Gasteiger partial charge >= 0.3 is 0 Å². The van der Waals surface area contributed by atoms with Crippen molar-refractivity contribution in [1.29, 1.82) is 0 Å². The van der Waals surface area contributed by atoms with Gasteiger partial charge in [0.2, 0.25) is 0 Å². The Hall–Kier alpha value is -1.90. The lowest BCUT2D eigenvalue weighted by molar-refractivity contribution is 0.486. The minimum absolute atomic E-state index is 0.313. The molecule has 0 saturated heterocycles. The van der Waals surface area contributed by atoms with E-state index in [2.05, 4.69) is 85.2 Å². The van der Waals surface area contributed by atoms with Gasteiger partial charge in [0, 0.05) is 23.5 Å². The van der Waals surface area contributed by atoms with Gasteiger partial charge in [-0.15, -0.1) is 11.8 Å². The van der Waals surface area contributed by atoms with Crippen molar-refractivity contribution in [3.63, 3.8) is 0 Å². The van der Waals surface area contributed by atoms with Crippen molar-refractivity contribution in [2.75, 3.05) is 19.8 Å². The van der Waals surface area contributed by atoms with E-state index in [0.29, 0.717) is 5.92 Å². The van der Waals surface area contributed by atoms with Gasteiger partial charge < -0.3 is 4.90 Å². The Morgan fingerprint density at radius 1 is 0.921 bits per heavy atom. The highest BCUT2D eigenvalue weighted by atomic mass is 35.5. The average Bonchev–Trinajstić information content (AvgIpc) is 2.93. The quantitative estimate of drug-likeness (QED) is 0.296. The normalized spacial score (nSPS) is 10.6. The number of hydrogen-bond acceptors (Lipinski definition) is 2. The lowest BCUT2D eigenvalue weighted by Gasteiger charge is -2.17. The van der Waals surface area contributed by atoms with Gasteiger partial charge in [-0.2, -0.15) is 0 Å². The third kappa shape index (κ3) is 15.5. The molecule has 0 saturated carbocycles. The predicted molar refractivity (Wildman–Crippen MR) is 183 cm³/mol. The summed E-state index contributed by atoms with van der Waals surface area (Å²) >= 11 is 7.89. The van der Waals surface area contributed by atoms with Crippen molar-refractivity contribution in [3.05, 3.63) is 99.7 Å². The number of benzene rings is 2. The van der Waals surface area contributed by atoms with Crippen LogP contribution in [0.1, 0.15) is 88.8 Å². The van der Waals surface area contributed by atoms with E-state index >= 15 is 0 Å². The maximum absolute atomic E-state index is 6.11. The van der Waals surface area contributed by atoms with Crippen LogP contribution in [0.25, 0.3) is 4.91 Å². The van der Waals surface area contributed by atoms with Crippen LogP contribution in [-0.2, 0) is 6.42 Å².